The zero-order valence-electron chi connectivity index (χ0n) is 12.0. The van der Waals surface area contributed by atoms with Crippen molar-refractivity contribution in [2.45, 2.75) is 33.7 Å². The van der Waals surface area contributed by atoms with Crippen LogP contribution in [0, 0.1) is 11.2 Å². The maximum atomic E-state index is 13.9. The van der Waals surface area contributed by atoms with Gasteiger partial charge in [0.1, 0.15) is 0 Å². The Labute approximate surface area is 115 Å². The third-order valence-corrected chi connectivity index (χ3v) is 3.76. The molecule has 0 saturated heterocycles. The van der Waals surface area contributed by atoms with Gasteiger partial charge in [-0.1, -0.05) is 44.6 Å². The van der Waals surface area contributed by atoms with Gasteiger partial charge in [-0.2, -0.15) is 0 Å². The van der Waals surface area contributed by atoms with E-state index in [2.05, 4.69) is 31.7 Å². The smallest absolute Gasteiger partial charge is 0.150 e. The topological polar surface area (TPSA) is 29.3 Å². The van der Waals surface area contributed by atoms with Gasteiger partial charge in [-0.3, -0.25) is 4.90 Å². The largest absolute Gasteiger partial charge is 0.396 e. The molecule has 0 atom stereocenters. The molecule has 2 N–H and O–H groups in total. The Morgan fingerprint density at radius 1 is 1.32 bits per heavy atom. The lowest BCUT2D eigenvalue weighted by Gasteiger charge is -2.32. The van der Waals surface area contributed by atoms with Crippen LogP contribution in [0.25, 0.3) is 0 Å². The first-order valence-corrected chi connectivity index (χ1v) is 6.82. The van der Waals surface area contributed by atoms with Gasteiger partial charge in [0, 0.05) is 25.2 Å². The first-order chi connectivity index (χ1) is 8.88. The lowest BCUT2D eigenvalue weighted by molar-refractivity contribution is 0.268. The van der Waals surface area contributed by atoms with E-state index in [0.717, 1.165) is 19.5 Å². The summed E-state index contributed by atoms with van der Waals surface area (Å²) in [6, 6.07) is 5.23. The molecule has 1 aliphatic heterocycles. The number of nitrogen functional groups attached to an aromatic ring is 1. The summed E-state index contributed by atoms with van der Waals surface area (Å²) in [5, 5.41) is 0. The Morgan fingerprint density at radius 2 is 2.05 bits per heavy atom. The Morgan fingerprint density at radius 3 is 2.63 bits per heavy atom. The van der Waals surface area contributed by atoms with Crippen molar-refractivity contribution in [3.63, 3.8) is 0 Å². The maximum absolute atomic E-state index is 13.9. The quantitative estimate of drug-likeness (QED) is 0.652. The lowest BCUT2D eigenvalue weighted by Crippen LogP contribution is -2.31. The molecule has 0 bridgehead atoms. The van der Waals surface area contributed by atoms with Gasteiger partial charge in [-0.05, 0) is 17.9 Å². The number of hydrogen-bond donors (Lipinski definition) is 1. The fourth-order valence-electron chi connectivity index (χ4n) is 2.50. The molecule has 0 saturated carbocycles. The molecule has 0 unspecified atom stereocenters. The van der Waals surface area contributed by atoms with Crippen molar-refractivity contribution in [3.8, 4) is 0 Å². The van der Waals surface area contributed by atoms with Crippen LogP contribution >= 0.6 is 0 Å². The fourth-order valence-corrected chi connectivity index (χ4v) is 2.50. The van der Waals surface area contributed by atoms with Crippen molar-refractivity contribution in [2.24, 2.45) is 5.41 Å². The minimum Gasteiger partial charge on any atom is -0.396 e. The molecule has 3 heteroatoms. The van der Waals surface area contributed by atoms with Gasteiger partial charge in [0.25, 0.3) is 0 Å². The number of rotatable bonds is 2. The summed E-state index contributed by atoms with van der Waals surface area (Å²) in [4.78, 5) is 2.26. The van der Waals surface area contributed by atoms with Crippen LogP contribution in [0.5, 0.6) is 0 Å². The van der Waals surface area contributed by atoms with E-state index in [0.29, 0.717) is 12.1 Å². The highest BCUT2D eigenvalue weighted by atomic mass is 19.1. The van der Waals surface area contributed by atoms with Crippen molar-refractivity contribution in [3.05, 3.63) is 41.2 Å². The normalized spacial score (nSPS) is 17.4. The van der Waals surface area contributed by atoms with Crippen molar-refractivity contribution in [1.82, 2.24) is 4.90 Å². The molecule has 0 aliphatic carbocycles. The third kappa shape index (κ3) is 3.35. The Kier molecular flexibility index (Phi) is 3.95. The average Bonchev–Trinajstić information content (AvgIpc) is 2.35. The van der Waals surface area contributed by atoms with Gasteiger partial charge in [0.15, 0.2) is 5.82 Å². The molecular formula is C16H23FN2. The number of nitrogens with two attached hydrogens (primary N) is 1. The predicted molar refractivity (Wildman–Crippen MR) is 78.2 cm³/mol. The predicted octanol–water partition coefficient (Wildman–Crippen LogP) is 3.59. The average molecular weight is 262 g/mol. The van der Waals surface area contributed by atoms with E-state index in [9.17, 15) is 4.39 Å². The Bertz CT molecular complexity index is 486. The van der Waals surface area contributed by atoms with Crippen LogP contribution in [0.15, 0.2) is 29.8 Å². The van der Waals surface area contributed by atoms with Gasteiger partial charge in [-0.15, -0.1) is 0 Å². The van der Waals surface area contributed by atoms with E-state index in [1.807, 2.05) is 12.1 Å². The monoisotopic (exact) mass is 262 g/mol. The van der Waals surface area contributed by atoms with Crippen LogP contribution in [0.2, 0.25) is 0 Å². The van der Waals surface area contributed by atoms with E-state index < -0.39 is 0 Å². The van der Waals surface area contributed by atoms with Crippen LogP contribution in [0.3, 0.4) is 0 Å². The fraction of sp³-hybridized carbons (Fsp3) is 0.500. The molecule has 0 spiro atoms. The van der Waals surface area contributed by atoms with Crippen LogP contribution in [-0.4, -0.2) is 18.0 Å². The minimum atomic E-state index is -0.270. The second-order valence-corrected chi connectivity index (χ2v) is 6.28. The second kappa shape index (κ2) is 5.33. The number of benzene rings is 1. The standard InChI is InChI=1S/C16H23FN2/c1-16(2,3)13-7-9-19(10-8-13)11-12-5-4-6-14(18)15(12)17/h4-7H,8-11,18H2,1-3H3. The molecule has 19 heavy (non-hydrogen) atoms. The first-order valence-electron chi connectivity index (χ1n) is 6.82. The SMILES string of the molecule is CC(C)(C)C1=CCN(Cc2cccc(N)c2F)CC1. The van der Waals surface area contributed by atoms with Crippen LogP contribution in [-0.2, 0) is 6.54 Å². The molecule has 2 rings (SSSR count). The van der Waals surface area contributed by atoms with E-state index in [4.69, 9.17) is 5.73 Å². The number of halogens is 1. The molecule has 0 fully saturated rings. The van der Waals surface area contributed by atoms with Gasteiger partial charge in [0.2, 0.25) is 0 Å². The highest BCUT2D eigenvalue weighted by molar-refractivity contribution is 5.42. The molecular weight excluding hydrogens is 239 g/mol. The Balaban J connectivity index is 2.03. The van der Waals surface area contributed by atoms with Crippen LogP contribution in [0.4, 0.5) is 10.1 Å². The molecule has 0 aromatic heterocycles. The molecule has 2 nitrogen and oxygen atoms in total. The van der Waals surface area contributed by atoms with E-state index in [1.165, 1.54) is 5.57 Å². The minimum absolute atomic E-state index is 0.237. The van der Waals surface area contributed by atoms with Crippen molar-refractivity contribution < 1.29 is 4.39 Å². The van der Waals surface area contributed by atoms with E-state index >= 15 is 0 Å². The highest BCUT2D eigenvalue weighted by Crippen LogP contribution is 2.30. The first kappa shape index (κ1) is 14.1. The number of nitrogens with zero attached hydrogens (tertiary/aromatic N) is 1. The van der Waals surface area contributed by atoms with Gasteiger partial charge in [0.05, 0.1) is 5.69 Å². The summed E-state index contributed by atoms with van der Waals surface area (Å²) in [7, 11) is 0. The van der Waals surface area contributed by atoms with E-state index in [-0.39, 0.29) is 16.9 Å². The second-order valence-electron chi connectivity index (χ2n) is 6.28. The van der Waals surface area contributed by atoms with Gasteiger partial charge >= 0.3 is 0 Å². The van der Waals surface area contributed by atoms with Crippen LogP contribution < -0.4 is 5.73 Å². The van der Waals surface area contributed by atoms with E-state index in [1.54, 1.807) is 6.07 Å². The summed E-state index contributed by atoms with van der Waals surface area (Å²) in [6.45, 7) is 9.23. The molecule has 1 heterocycles. The number of anilines is 1. The number of hydrogen-bond acceptors (Lipinski definition) is 2. The summed E-state index contributed by atoms with van der Waals surface area (Å²) >= 11 is 0. The zero-order valence-corrected chi connectivity index (χ0v) is 12.0. The van der Waals surface area contributed by atoms with Crippen LogP contribution in [0.1, 0.15) is 32.8 Å². The summed E-state index contributed by atoms with van der Waals surface area (Å²) in [6.07, 6.45) is 3.35. The molecule has 1 aliphatic rings. The van der Waals surface area contributed by atoms with Crippen molar-refractivity contribution in [1.29, 1.82) is 0 Å². The summed E-state index contributed by atoms with van der Waals surface area (Å²) < 4.78 is 13.9. The maximum Gasteiger partial charge on any atom is 0.150 e. The van der Waals surface area contributed by atoms with Gasteiger partial charge < -0.3 is 5.73 Å². The molecule has 0 radical (unpaired) electrons. The zero-order chi connectivity index (χ0) is 14.0. The van der Waals surface area contributed by atoms with Crippen molar-refractivity contribution >= 4 is 5.69 Å². The molecule has 1 aromatic carbocycles. The summed E-state index contributed by atoms with van der Waals surface area (Å²) in [5.41, 5.74) is 8.27. The summed E-state index contributed by atoms with van der Waals surface area (Å²) in [5.74, 6) is -0.270. The van der Waals surface area contributed by atoms with Crippen molar-refractivity contribution in [2.75, 3.05) is 18.8 Å². The molecule has 1 aromatic rings. The van der Waals surface area contributed by atoms with Gasteiger partial charge in [-0.25, -0.2) is 4.39 Å². The molecule has 0 amide bonds. The Hall–Kier alpha value is -1.35. The highest BCUT2D eigenvalue weighted by Gasteiger charge is 2.21. The molecule has 104 valence electrons. The lowest BCUT2D eigenvalue weighted by atomic mass is 9.83. The third-order valence-electron chi connectivity index (χ3n) is 3.76.